The van der Waals surface area contributed by atoms with Gasteiger partial charge in [-0.1, -0.05) is 97.1 Å². The standard InChI is InChI=1S/C27H27NO3/c1-3-4-20-24(25(29)31-2)28-26(30)27(21-14-8-5-9-15-21,22-16-10-6-11-17-22)23-18-12-7-13-19-23/h3,5-19,24H,1,4,20H2,2H3,(H,28,30)/t24-/m1/s1. The Labute approximate surface area is 183 Å². The molecule has 0 heterocycles. The minimum Gasteiger partial charge on any atom is -0.467 e. The molecule has 0 radical (unpaired) electrons. The highest BCUT2D eigenvalue weighted by molar-refractivity contribution is 5.98. The maximum absolute atomic E-state index is 14.1. The number of hydrogen-bond donors (Lipinski definition) is 1. The summed E-state index contributed by atoms with van der Waals surface area (Å²) in [6.07, 6.45) is 2.71. The molecule has 31 heavy (non-hydrogen) atoms. The fourth-order valence-electron chi connectivity index (χ4n) is 3.90. The minimum absolute atomic E-state index is 0.282. The van der Waals surface area contributed by atoms with Gasteiger partial charge in [-0.2, -0.15) is 0 Å². The number of amides is 1. The van der Waals surface area contributed by atoms with E-state index in [1.165, 1.54) is 7.11 Å². The van der Waals surface area contributed by atoms with Crippen LogP contribution in [-0.2, 0) is 19.7 Å². The molecule has 0 aliphatic carbocycles. The molecule has 1 N–H and O–H groups in total. The third-order valence-electron chi connectivity index (χ3n) is 5.41. The van der Waals surface area contributed by atoms with Gasteiger partial charge in [0.15, 0.2) is 0 Å². The van der Waals surface area contributed by atoms with E-state index in [9.17, 15) is 9.59 Å². The molecule has 0 saturated heterocycles. The van der Waals surface area contributed by atoms with Crippen molar-refractivity contribution in [3.05, 3.63) is 120 Å². The Morgan fingerprint density at radius 3 is 1.65 bits per heavy atom. The first-order chi connectivity index (χ1) is 15.1. The van der Waals surface area contributed by atoms with Gasteiger partial charge >= 0.3 is 5.97 Å². The summed E-state index contributed by atoms with van der Waals surface area (Å²) in [6, 6.07) is 28.1. The molecular formula is C27H27NO3. The van der Waals surface area contributed by atoms with Crippen molar-refractivity contribution in [3.8, 4) is 0 Å². The van der Waals surface area contributed by atoms with E-state index < -0.39 is 17.4 Å². The summed E-state index contributed by atoms with van der Waals surface area (Å²) in [5.41, 5.74) is 1.32. The number of carbonyl (C=O) groups is 2. The van der Waals surface area contributed by atoms with Crippen LogP contribution in [0.3, 0.4) is 0 Å². The normalized spacial score (nSPS) is 11.9. The van der Waals surface area contributed by atoms with Crippen molar-refractivity contribution in [2.24, 2.45) is 0 Å². The van der Waals surface area contributed by atoms with Crippen LogP contribution in [0.25, 0.3) is 0 Å². The van der Waals surface area contributed by atoms with Crippen LogP contribution in [-0.4, -0.2) is 25.0 Å². The van der Waals surface area contributed by atoms with E-state index >= 15 is 0 Å². The van der Waals surface area contributed by atoms with Gasteiger partial charge in [-0.3, -0.25) is 4.79 Å². The van der Waals surface area contributed by atoms with E-state index in [-0.39, 0.29) is 5.91 Å². The molecule has 4 nitrogen and oxygen atoms in total. The average Bonchev–Trinajstić information content (AvgIpc) is 2.84. The highest BCUT2D eigenvalue weighted by Crippen LogP contribution is 2.39. The fraction of sp³-hybridized carbons (Fsp3) is 0.185. The van der Waals surface area contributed by atoms with E-state index in [0.29, 0.717) is 12.8 Å². The molecule has 1 amide bonds. The van der Waals surface area contributed by atoms with Crippen molar-refractivity contribution >= 4 is 11.9 Å². The zero-order chi connectivity index (χ0) is 22.1. The van der Waals surface area contributed by atoms with Gasteiger partial charge in [0.25, 0.3) is 0 Å². The van der Waals surface area contributed by atoms with Crippen molar-refractivity contribution in [1.82, 2.24) is 5.32 Å². The number of hydrogen-bond acceptors (Lipinski definition) is 3. The van der Waals surface area contributed by atoms with E-state index in [1.807, 2.05) is 91.0 Å². The Morgan fingerprint density at radius 2 is 1.29 bits per heavy atom. The van der Waals surface area contributed by atoms with Crippen LogP contribution in [0.15, 0.2) is 104 Å². The van der Waals surface area contributed by atoms with Gasteiger partial charge in [0.1, 0.15) is 11.5 Å². The summed E-state index contributed by atoms with van der Waals surface area (Å²) in [7, 11) is 1.33. The molecule has 0 aromatic heterocycles. The van der Waals surface area contributed by atoms with Crippen molar-refractivity contribution in [1.29, 1.82) is 0 Å². The quantitative estimate of drug-likeness (QED) is 0.316. The summed E-state index contributed by atoms with van der Waals surface area (Å²) >= 11 is 0. The Balaban J connectivity index is 2.21. The molecular weight excluding hydrogens is 386 g/mol. The molecule has 3 aromatic rings. The Kier molecular flexibility index (Phi) is 7.39. The molecule has 0 aliphatic rings. The summed E-state index contributed by atoms with van der Waals surface area (Å²) in [5, 5.41) is 2.98. The second-order valence-electron chi connectivity index (χ2n) is 7.26. The first-order valence-corrected chi connectivity index (χ1v) is 10.3. The zero-order valence-corrected chi connectivity index (χ0v) is 17.7. The molecule has 0 unspecified atom stereocenters. The van der Waals surface area contributed by atoms with E-state index in [1.54, 1.807) is 6.08 Å². The van der Waals surface area contributed by atoms with E-state index in [4.69, 9.17) is 4.74 Å². The lowest BCUT2D eigenvalue weighted by Crippen LogP contribution is -2.52. The van der Waals surface area contributed by atoms with E-state index in [0.717, 1.165) is 16.7 Å². The van der Waals surface area contributed by atoms with Crippen molar-refractivity contribution in [2.75, 3.05) is 7.11 Å². The van der Waals surface area contributed by atoms with Gasteiger partial charge in [-0.05, 0) is 29.5 Å². The van der Waals surface area contributed by atoms with Gasteiger partial charge < -0.3 is 10.1 Å². The maximum Gasteiger partial charge on any atom is 0.328 e. The Hall–Kier alpha value is -3.66. The lowest BCUT2D eigenvalue weighted by atomic mass is 9.68. The third kappa shape index (κ3) is 4.58. The largest absolute Gasteiger partial charge is 0.467 e. The number of benzene rings is 3. The number of allylic oxidation sites excluding steroid dienone is 1. The lowest BCUT2D eigenvalue weighted by Gasteiger charge is -2.35. The highest BCUT2D eigenvalue weighted by atomic mass is 16.5. The lowest BCUT2D eigenvalue weighted by molar-refractivity contribution is -0.145. The maximum atomic E-state index is 14.1. The van der Waals surface area contributed by atoms with Crippen molar-refractivity contribution < 1.29 is 14.3 Å². The molecule has 0 fully saturated rings. The minimum atomic E-state index is -1.13. The molecule has 0 saturated carbocycles. The number of ether oxygens (including phenoxy) is 1. The Morgan fingerprint density at radius 1 is 0.871 bits per heavy atom. The smallest absolute Gasteiger partial charge is 0.328 e. The van der Waals surface area contributed by atoms with Gasteiger partial charge in [0, 0.05) is 0 Å². The predicted molar refractivity (Wildman–Crippen MR) is 123 cm³/mol. The predicted octanol–water partition coefficient (Wildman–Crippen LogP) is 4.65. The van der Waals surface area contributed by atoms with Crippen LogP contribution in [0.5, 0.6) is 0 Å². The molecule has 1 atom stereocenters. The number of rotatable bonds is 9. The first kappa shape index (κ1) is 22.0. The summed E-state index contributed by atoms with van der Waals surface area (Å²) in [6.45, 7) is 3.72. The second kappa shape index (κ2) is 10.4. The van der Waals surface area contributed by atoms with Crippen molar-refractivity contribution in [3.63, 3.8) is 0 Å². The van der Waals surface area contributed by atoms with Crippen LogP contribution in [0.1, 0.15) is 29.5 Å². The number of carbonyl (C=O) groups excluding carboxylic acids is 2. The summed E-state index contributed by atoms with van der Waals surface area (Å²) in [5.74, 6) is -0.756. The van der Waals surface area contributed by atoms with Crippen LogP contribution in [0.4, 0.5) is 0 Å². The second-order valence-corrected chi connectivity index (χ2v) is 7.26. The Bertz CT molecular complexity index is 904. The summed E-state index contributed by atoms with van der Waals surface area (Å²) < 4.78 is 4.95. The van der Waals surface area contributed by atoms with Crippen molar-refractivity contribution in [2.45, 2.75) is 24.3 Å². The third-order valence-corrected chi connectivity index (χ3v) is 5.41. The molecule has 0 aliphatic heterocycles. The topological polar surface area (TPSA) is 55.4 Å². The number of nitrogens with one attached hydrogen (secondary N) is 1. The molecule has 4 heteroatoms. The van der Waals surface area contributed by atoms with Crippen LogP contribution >= 0.6 is 0 Å². The van der Waals surface area contributed by atoms with E-state index in [2.05, 4.69) is 11.9 Å². The number of methoxy groups -OCH3 is 1. The van der Waals surface area contributed by atoms with Gasteiger partial charge in [0.05, 0.1) is 7.11 Å². The molecule has 158 valence electrons. The molecule has 0 bridgehead atoms. The van der Waals surface area contributed by atoms with Crippen LogP contribution in [0, 0.1) is 0 Å². The van der Waals surface area contributed by atoms with Gasteiger partial charge in [0.2, 0.25) is 5.91 Å². The number of esters is 1. The molecule has 3 aromatic carbocycles. The highest BCUT2D eigenvalue weighted by Gasteiger charge is 2.44. The average molecular weight is 414 g/mol. The monoisotopic (exact) mass is 413 g/mol. The fourth-order valence-corrected chi connectivity index (χ4v) is 3.90. The first-order valence-electron chi connectivity index (χ1n) is 10.3. The molecule has 3 rings (SSSR count). The van der Waals surface area contributed by atoms with Crippen LogP contribution < -0.4 is 5.32 Å². The SMILES string of the molecule is C=CCC[C@@H](NC(=O)C(c1ccccc1)(c1ccccc1)c1ccccc1)C(=O)OC. The molecule has 0 spiro atoms. The summed E-state index contributed by atoms with van der Waals surface area (Å²) in [4.78, 5) is 26.5. The zero-order valence-electron chi connectivity index (χ0n) is 17.7. The van der Waals surface area contributed by atoms with Gasteiger partial charge in [-0.25, -0.2) is 4.79 Å². The van der Waals surface area contributed by atoms with Crippen LogP contribution in [0.2, 0.25) is 0 Å². The van der Waals surface area contributed by atoms with Gasteiger partial charge in [-0.15, -0.1) is 6.58 Å².